The van der Waals surface area contributed by atoms with Crippen LogP contribution in [0.1, 0.15) is 45.0 Å². The van der Waals surface area contributed by atoms with E-state index >= 15 is 0 Å². The van der Waals surface area contributed by atoms with Gasteiger partial charge in [0.25, 0.3) is 0 Å². The summed E-state index contributed by atoms with van der Waals surface area (Å²) in [4.78, 5) is 4.48. The molecule has 0 saturated carbocycles. The molecule has 0 atom stereocenters. The van der Waals surface area contributed by atoms with Crippen LogP contribution in [-0.2, 0) is 5.41 Å². The van der Waals surface area contributed by atoms with Crippen LogP contribution >= 0.6 is 0 Å². The van der Waals surface area contributed by atoms with E-state index in [0.717, 1.165) is 17.3 Å². The van der Waals surface area contributed by atoms with E-state index in [-0.39, 0.29) is 10.8 Å². The molecule has 0 bridgehead atoms. The monoisotopic (exact) mass is 191 g/mol. The van der Waals surface area contributed by atoms with Gasteiger partial charge in [0, 0.05) is 12.3 Å². The van der Waals surface area contributed by atoms with Crippen molar-refractivity contribution in [2.75, 3.05) is 0 Å². The van der Waals surface area contributed by atoms with Gasteiger partial charge >= 0.3 is 0 Å². The molecule has 1 aliphatic rings. The number of nitrogens with zero attached hydrogens (tertiary/aromatic N) is 1. The molecular weight excluding hydrogens is 174 g/mol. The molecule has 0 aliphatic heterocycles. The number of aromatic nitrogens is 1. The van der Waals surface area contributed by atoms with Crippen LogP contribution in [0.15, 0.2) is 10.5 Å². The van der Waals surface area contributed by atoms with Gasteiger partial charge in [0.2, 0.25) is 0 Å². The van der Waals surface area contributed by atoms with Crippen molar-refractivity contribution in [3.8, 4) is 0 Å². The largest absolute Gasteiger partial charge is 0.441 e. The number of rotatable bonds is 0. The third-order valence-electron chi connectivity index (χ3n) is 3.61. The van der Waals surface area contributed by atoms with Gasteiger partial charge < -0.3 is 4.42 Å². The Kier molecular flexibility index (Phi) is 1.70. The van der Waals surface area contributed by atoms with Crippen LogP contribution in [0.4, 0.5) is 0 Å². The second-order valence-corrected chi connectivity index (χ2v) is 5.13. The Morgan fingerprint density at radius 1 is 1.21 bits per heavy atom. The van der Waals surface area contributed by atoms with Crippen LogP contribution in [0.25, 0.3) is 6.08 Å². The van der Waals surface area contributed by atoms with E-state index < -0.39 is 0 Å². The van der Waals surface area contributed by atoms with Gasteiger partial charge in [-0.1, -0.05) is 33.8 Å². The van der Waals surface area contributed by atoms with E-state index in [0.29, 0.717) is 0 Å². The molecule has 0 N–H and O–H groups in total. The number of aryl methyl sites for hydroxylation is 1. The summed E-state index contributed by atoms with van der Waals surface area (Å²) in [6, 6.07) is 0. The second kappa shape index (κ2) is 2.50. The second-order valence-electron chi connectivity index (χ2n) is 5.13. The fraction of sp³-hybridized carbons (Fsp3) is 0.583. The third kappa shape index (κ3) is 1.06. The van der Waals surface area contributed by atoms with Gasteiger partial charge in [0.05, 0.1) is 5.69 Å². The van der Waals surface area contributed by atoms with Crippen LogP contribution < -0.4 is 0 Å². The molecule has 0 radical (unpaired) electrons. The van der Waals surface area contributed by atoms with Crippen molar-refractivity contribution in [2.45, 2.75) is 40.0 Å². The summed E-state index contributed by atoms with van der Waals surface area (Å²) in [6.45, 7) is 10.8. The first kappa shape index (κ1) is 9.50. The average Bonchev–Trinajstić information content (AvgIpc) is 2.42. The molecule has 76 valence electrons. The molecule has 0 spiro atoms. The maximum Gasteiger partial charge on any atom is 0.192 e. The van der Waals surface area contributed by atoms with Crippen molar-refractivity contribution in [1.82, 2.24) is 4.98 Å². The van der Waals surface area contributed by atoms with Gasteiger partial charge in [-0.25, -0.2) is 4.98 Å². The van der Waals surface area contributed by atoms with E-state index in [1.807, 2.05) is 13.0 Å². The highest BCUT2D eigenvalue weighted by Crippen LogP contribution is 2.46. The zero-order valence-electron chi connectivity index (χ0n) is 9.51. The Morgan fingerprint density at radius 3 is 2.50 bits per heavy atom. The molecule has 14 heavy (non-hydrogen) atoms. The van der Waals surface area contributed by atoms with Gasteiger partial charge in [-0.3, -0.25) is 0 Å². The Morgan fingerprint density at radius 2 is 1.86 bits per heavy atom. The van der Waals surface area contributed by atoms with Crippen LogP contribution in [0.3, 0.4) is 0 Å². The molecule has 0 amide bonds. The summed E-state index contributed by atoms with van der Waals surface area (Å²) < 4.78 is 5.54. The highest BCUT2D eigenvalue weighted by Gasteiger charge is 2.42. The molecule has 0 aromatic carbocycles. The highest BCUT2D eigenvalue weighted by atomic mass is 16.4. The summed E-state index contributed by atoms with van der Waals surface area (Å²) in [7, 11) is 0. The van der Waals surface area contributed by atoms with Gasteiger partial charge in [-0.2, -0.15) is 0 Å². The molecule has 1 heterocycles. The molecule has 2 rings (SSSR count). The average molecular weight is 191 g/mol. The first-order chi connectivity index (χ1) is 6.34. The van der Waals surface area contributed by atoms with Crippen molar-refractivity contribution in [3.63, 3.8) is 0 Å². The minimum absolute atomic E-state index is 0.0366. The molecule has 1 aromatic heterocycles. The van der Waals surface area contributed by atoms with Crippen LogP contribution in [0, 0.1) is 12.3 Å². The lowest BCUT2D eigenvalue weighted by Crippen LogP contribution is -2.37. The quantitative estimate of drug-likeness (QED) is 0.628. The molecule has 0 fully saturated rings. The lowest BCUT2D eigenvalue weighted by atomic mass is 9.63. The van der Waals surface area contributed by atoms with E-state index in [9.17, 15) is 0 Å². The number of oxazole rings is 1. The fourth-order valence-electron chi connectivity index (χ4n) is 1.80. The summed E-state index contributed by atoms with van der Waals surface area (Å²) in [5, 5.41) is 0. The predicted octanol–water partition coefficient (Wildman–Crippen LogP) is 3.31. The van der Waals surface area contributed by atoms with Crippen molar-refractivity contribution in [2.24, 2.45) is 5.41 Å². The number of allylic oxidation sites excluding steroid dienone is 1. The standard InChI is InChI=1S/C12H17NO/c1-8-13-10-9(14-8)6-7-11(2,3)12(10,4)5/h6-7H,1-5H3. The van der Waals surface area contributed by atoms with Gasteiger partial charge in [0.15, 0.2) is 11.7 Å². The molecule has 1 aliphatic carbocycles. The topological polar surface area (TPSA) is 26.0 Å². The predicted molar refractivity (Wildman–Crippen MR) is 57.1 cm³/mol. The van der Waals surface area contributed by atoms with Crippen LogP contribution in [-0.4, -0.2) is 4.98 Å². The van der Waals surface area contributed by atoms with E-state index in [1.165, 1.54) is 0 Å². The molecule has 0 saturated heterocycles. The SMILES string of the molecule is Cc1nc2c(o1)C=CC(C)(C)C2(C)C. The summed E-state index contributed by atoms with van der Waals surface area (Å²) in [5.41, 5.74) is 1.25. The Hall–Kier alpha value is -1.05. The zero-order chi connectivity index (χ0) is 10.6. The van der Waals surface area contributed by atoms with E-state index in [4.69, 9.17) is 4.42 Å². The molecule has 2 heteroatoms. The van der Waals surface area contributed by atoms with Crippen LogP contribution in [0.2, 0.25) is 0 Å². The minimum atomic E-state index is 0.0366. The first-order valence-corrected chi connectivity index (χ1v) is 5.02. The summed E-state index contributed by atoms with van der Waals surface area (Å²) in [5.74, 6) is 1.68. The maximum atomic E-state index is 5.54. The van der Waals surface area contributed by atoms with Crippen molar-refractivity contribution in [1.29, 1.82) is 0 Å². The summed E-state index contributed by atoms with van der Waals surface area (Å²) >= 11 is 0. The summed E-state index contributed by atoms with van der Waals surface area (Å²) in [6.07, 6.45) is 4.25. The van der Waals surface area contributed by atoms with Crippen molar-refractivity contribution >= 4 is 6.08 Å². The lowest BCUT2D eigenvalue weighted by Gasteiger charge is -2.40. The smallest absolute Gasteiger partial charge is 0.192 e. The number of fused-ring (bicyclic) bond motifs is 1. The zero-order valence-corrected chi connectivity index (χ0v) is 9.51. The Labute approximate surface area is 85.0 Å². The molecule has 1 aromatic rings. The fourth-order valence-corrected chi connectivity index (χ4v) is 1.80. The molecular formula is C12H17NO. The Balaban J connectivity index is 2.64. The van der Waals surface area contributed by atoms with Crippen molar-refractivity contribution < 1.29 is 4.42 Å². The molecule has 2 nitrogen and oxygen atoms in total. The number of hydrogen-bond donors (Lipinski definition) is 0. The lowest BCUT2D eigenvalue weighted by molar-refractivity contribution is 0.256. The molecule has 0 unspecified atom stereocenters. The first-order valence-electron chi connectivity index (χ1n) is 5.02. The van der Waals surface area contributed by atoms with Gasteiger partial charge in [-0.15, -0.1) is 0 Å². The highest BCUT2D eigenvalue weighted by molar-refractivity contribution is 5.54. The normalized spacial score (nSPS) is 22.1. The van der Waals surface area contributed by atoms with E-state index in [2.05, 4.69) is 38.8 Å². The van der Waals surface area contributed by atoms with Crippen molar-refractivity contribution in [3.05, 3.63) is 23.4 Å². The van der Waals surface area contributed by atoms with E-state index in [1.54, 1.807) is 0 Å². The van der Waals surface area contributed by atoms with Crippen LogP contribution in [0.5, 0.6) is 0 Å². The van der Waals surface area contributed by atoms with Gasteiger partial charge in [0.1, 0.15) is 0 Å². The minimum Gasteiger partial charge on any atom is -0.441 e. The Bertz CT molecular complexity index is 396. The van der Waals surface area contributed by atoms with Gasteiger partial charge in [-0.05, 0) is 11.5 Å². The number of hydrogen-bond acceptors (Lipinski definition) is 2. The third-order valence-corrected chi connectivity index (χ3v) is 3.61. The maximum absolute atomic E-state index is 5.54.